The van der Waals surface area contributed by atoms with Crippen LogP contribution in [0.3, 0.4) is 0 Å². The van der Waals surface area contributed by atoms with Gasteiger partial charge in [-0.25, -0.2) is 4.57 Å². The summed E-state index contributed by atoms with van der Waals surface area (Å²) in [5.74, 6) is 0.110. The number of aliphatic hydroxyl groups excluding tert-OH is 3. The number of rotatable bonds is 17. The zero-order valence-electron chi connectivity index (χ0n) is 17.3. The average Bonchev–Trinajstić information content (AvgIpc) is 2.92. The zero-order chi connectivity index (χ0) is 21.7. The fourth-order valence-corrected chi connectivity index (χ4v) is 3.87. The van der Waals surface area contributed by atoms with Gasteiger partial charge in [-0.2, -0.15) is 0 Å². The molecule has 5 atom stereocenters. The van der Waals surface area contributed by atoms with Gasteiger partial charge in [0.05, 0.1) is 13.2 Å². The second-order valence-electron chi connectivity index (χ2n) is 7.51. The van der Waals surface area contributed by atoms with Crippen LogP contribution in [0.15, 0.2) is 0 Å². The van der Waals surface area contributed by atoms with Gasteiger partial charge in [-0.3, -0.25) is 13.8 Å². The second kappa shape index (κ2) is 14.6. The van der Waals surface area contributed by atoms with E-state index in [1.165, 1.54) is 32.1 Å². The Bertz CT molecular complexity index is 502. The Hall–Kier alpha value is -0.380. The molecule has 172 valence electrons. The molecule has 0 aromatic carbocycles. The molecule has 1 heterocycles. The van der Waals surface area contributed by atoms with Crippen molar-refractivity contribution in [2.24, 2.45) is 0 Å². The van der Waals surface area contributed by atoms with Gasteiger partial charge in [-0.15, -0.1) is 0 Å². The molecule has 4 N–H and O–H groups in total. The Balaban J connectivity index is 2.03. The van der Waals surface area contributed by atoms with Crippen molar-refractivity contribution in [3.63, 3.8) is 0 Å². The number of Topliss-reactive ketones (excluding diaryl/α,β-unsaturated/α-hetero) is 1. The molecule has 10 heteroatoms. The van der Waals surface area contributed by atoms with Gasteiger partial charge in [0.25, 0.3) is 0 Å². The predicted molar refractivity (Wildman–Crippen MR) is 106 cm³/mol. The van der Waals surface area contributed by atoms with Crippen LogP contribution in [0, 0.1) is 0 Å². The molecule has 2 unspecified atom stereocenters. The van der Waals surface area contributed by atoms with Crippen molar-refractivity contribution in [3.8, 4) is 0 Å². The standard InChI is InChI=1S/C19H37O9P/c1-2-3-4-5-6-7-8-9-11-15(20)12-10-13-26-29(24,25)27-14-16-17(21)18(22)19(23)28-16/h16-19,21-23H,2-14H2,1H3,(H,24,25)/t16-,17-,18-,19?/m1/s1. The third kappa shape index (κ3) is 11.5. The van der Waals surface area contributed by atoms with Crippen LogP contribution in [-0.4, -0.2) is 63.8 Å². The summed E-state index contributed by atoms with van der Waals surface area (Å²) in [6.45, 7) is 1.55. The first-order valence-corrected chi connectivity index (χ1v) is 12.1. The molecule has 1 saturated heterocycles. The van der Waals surface area contributed by atoms with Crippen LogP contribution in [0.25, 0.3) is 0 Å². The van der Waals surface area contributed by atoms with E-state index in [-0.39, 0.29) is 18.8 Å². The van der Waals surface area contributed by atoms with Gasteiger partial charge in [0.2, 0.25) is 0 Å². The van der Waals surface area contributed by atoms with Crippen molar-refractivity contribution >= 4 is 13.6 Å². The first kappa shape index (κ1) is 26.7. The van der Waals surface area contributed by atoms with Gasteiger partial charge in [-0.1, -0.05) is 51.9 Å². The minimum atomic E-state index is -4.38. The summed E-state index contributed by atoms with van der Waals surface area (Å²) in [5.41, 5.74) is 0. The molecule has 0 aromatic heterocycles. The van der Waals surface area contributed by atoms with E-state index in [0.717, 1.165) is 19.3 Å². The number of ketones is 1. The minimum Gasteiger partial charge on any atom is -0.387 e. The highest BCUT2D eigenvalue weighted by Crippen LogP contribution is 2.44. The summed E-state index contributed by atoms with van der Waals surface area (Å²) < 4.78 is 26.1. The van der Waals surface area contributed by atoms with Crippen LogP contribution >= 0.6 is 7.82 Å². The lowest BCUT2D eigenvalue weighted by Crippen LogP contribution is -2.34. The van der Waals surface area contributed by atoms with E-state index in [0.29, 0.717) is 12.8 Å². The summed E-state index contributed by atoms with van der Waals surface area (Å²) in [6, 6.07) is 0. The smallest absolute Gasteiger partial charge is 0.387 e. The Morgan fingerprint density at radius 2 is 1.48 bits per heavy atom. The van der Waals surface area contributed by atoms with E-state index >= 15 is 0 Å². The lowest BCUT2D eigenvalue weighted by Gasteiger charge is -2.17. The molecule has 0 saturated carbocycles. The van der Waals surface area contributed by atoms with Gasteiger partial charge in [0.15, 0.2) is 6.29 Å². The van der Waals surface area contributed by atoms with E-state index < -0.39 is 39.0 Å². The molecule has 29 heavy (non-hydrogen) atoms. The van der Waals surface area contributed by atoms with Gasteiger partial charge in [0.1, 0.15) is 24.1 Å². The molecule has 0 spiro atoms. The first-order chi connectivity index (χ1) is 13.8. The van der Waals surface area contributed by atoms with Crippen molar-refractivity contribution in [3.05, 3.63) is 0 Å². The fraction of sp³-hybridized carbons (Fsp3) is 0.947. The Morgan fingerprint density at radius 3 is 2.07 bits per heavy atom. The number of phosphoric ester groups is 1. The van der Waals surface area contributed by atoms with Gasteiger partial charge in [0, 0.05) is 12.8 Å². The van der Waals surface area contributed by atoms with Crippen LogP contribution in [-0.2, 0) is 23.1 Å². The molecule has 1 aliphatic heterocycles. The van der Waals surface area contributed by atoms with Crippen molar-refractivity contribution in [2.75, 3.05) is 13.2 Å². The number of aliphatic hydroxyl groups is 3. The average molecular weight is 440 g/mol. The SMILES string of the molecule is CCCCCCCCCCC(=O)CCCOP(=O)(O)OC[C@H]1OC(O)[C@H](O)[C@@H]1O. The Kier molecular flexibility index (Phi) is 13.4. The molecule has 1 fully saturated rings. The highest BCUT2D eigenvalue weighted by Gasteiger charge is 2.42. The summed E-state index contributed by atoms with van der Waals surface area (Å²) in [4.78, 5) is 21.4. The number of hydrogen-bond donors (Lipinski definition) is 4. The van der Waals surface area contributed by atoms with Crippen molar-refractivity contribution in [2.45, 2.75) is 102 Å². The van der Waals surface area contributed by atoms with Gasteiger partial charge < -0.3 is 24.9 Å². The molecule has 1 rings (SSSR count). The van der Waals surface area contributed by atoms with Crippen LogP contribution in [0.1, 0.15) is 77.6 Å². The minimum absolute atomic E-state index is 0.110. The lowest BCUT2D eigenvalue weighted by molar-refractivity contribution is -0.132. The highest BCUT2D eigenvalue weighted by atomic mass is 31.2. The number of phosphoric acid groups is 1. The molecule has 0 aromatic rings. The van der Waals surface area contributed by atoms with Crippen molar-refractivity contribution in [1.82, 2.24) is 0 Å². The molecule has 0 amide bonds. The quantitative estimate of drug-likeness (QED) is 0.198. The summed E-state index contributed by atoms with van der Waals surface area (Å²) in [7, 11) is -4.38. The number of hydrogen-bond acceptors (Lipinski definition) is 8. The maximum absolute atomic E-state index is 11.8. The largest absolute Gasteiger partial charge is 0.472 e. The maximum atomic E-state index is 11.8. The summed E-state index contributed by atoms with van der Waals surface area (Å²) >= 11 is 0. The van der Waals surface area contributed by atoms with E-state index in [1.54, 1.807) is 0 Å². The maximum Gasteiger partial charge on any atom is 0.472 e. The second-order valence-corrected chi connectivity index (χ2v) is 8.96. The van der Waals surface area contributed by atoms with Crippen molar-refractivity contribution in [1.29, 1.82) is 0 Å². The van der Waals surface area contributed by atoms with E-state index in [1.807, 2.05) is 0 Å². The fourth-order valence-electron chi connectivity index (χ4n) is 3.10. The van der Waals surface area contributed by atoms with Crippen LogP contribution in [0.5, 0.6) is 0 Å². The third-order valence-electron chi connectivity index (χ3n) is 4.90. The molecule has 1 aliphatic rings. The highest BCUT2D eigenvalue weighted by molar-refractivity contribution is 7.47. The van der Waals surface area contributed by atoms with Crippen molar-refractivity contribution < 1.29 is 43.4 Å². The summed E-state index contributed by atoms with van der Waals surface area (Å²) in [5, 5.41) is 28.2. The molecule has 0 radical (unpaired) electrons. The van der Waals surface area contributed by atoms with Crippen LogP contribution in [0.2, 0.25) is 0 Å². The van der Waals surface area contributed by atoms with Gasteiger partial charge in [-0.05, 0) is 12.8 Å². The topological polar surface area (TPSA) is 143 Å². The van der Waals surface area contributed by atoms with E-state index in [4.69, 9.17) is 13.8 Å². The summed E-state index contributed by atoms with van der Waals surface area (Å²) in [6.07, 6.45) is 4.80. The number of carbonyl (C=O) groups is 1. The van der Waals surface area contributed by atoms with Crippen LogP contribution < -0.4 is 0 Å². The first-order valence-electron chi connectivity index (χ1n) is 10.6. The Labute approximate surface area is 173 Å². The molecule has 9 nitrogen and oxygen atoms in total. The number of unbranched alkanes of at least 4 members (excludes halogenated alkanes) is 7. The van der Waals surface area contributed by atoms with E-state index in [2.05, 4.69) is 6.92 Å². The predicted octanol–water partition coefficient (Wildman–Crippen LogP) is 2.44. The number of ether oxygens (including phenoxy) is 1. The Morgan fingerprint density at radius 1 is 0.897 bits per heavy atom. The lowest BCUT2D eigenvalue weighted by atomic mass is 10.0. The zero-order valence-corrected chi connectivity index (χ0v) is 18.2. The normalized spacial score (nSPS) is 26.5. The molecular formula is C19H37O9P. The molecule has 0 bridgehead atoms. The molecular weight excluding hydrogens is 403 g/mol. The van der Waals surface area contributed by atoms with Gasteiger partial charge >= 0.3 is 7.82 Å². The monoisotopic (exact) mass is 440 g/mol. The molecule has 0 aliphatic carbocycles. The third-order valence-corrected chi connectivity index (χ3v) is 5.89. The van der Waals surface area contributed by atoms with Crippen LogP contribution in [0.4, 0.5) is 0 Å². The van der Waals surface area contributed by atoms with E-state index in [9.17, 15) is 29.6 Å². The number of carbonyl (C=O) groups excluding carboxylic acids is 1.